The molecule has 0 bridgehead atoms. The highest BCUT2D eigenvalue weighted by Crippen LogP contribution is 2.43. The lowest BCUT2D eigenvalue weighted by Gasteiger charge is -2.41. The molecular weight excluding hydrogens is 328 g/mol. The van der Waals surface area contributed by atoms with Crippen LogP contribution in [0.5, 0.6) is 5.75 Å². The van der Waals surface area contributed by atoms with Crippen LogP contribution in [0.4, 0.5) is 0 Å². The standard InChI is InChI=1S/C17H25BrN2O/c18-15-8-4-7-14(17(15)21)16(13-5-2-1-3-6-13)20-11-9-19-10-12-20/h4,7-8,13,16,19,21H,1-3,5-6,9-12H2/t16-/m0/s1. The van der Waals surface area contributed by atoms with E-state index in [9.17, 15) is 5.11 Å². The first kappa shape index (κ1) is 15.3. The fourth-order valence-corrected chi connectivity index (χ4v) is 4.31. The number of phenolic OH excluding ortho intramolecular Hbond substituents is 1. The number of hydrogen-bond donors (Lipinski definition) is 2. The lowest BCUT2D eigenvalue weighted by atomic mass is 9.80. The highest BCUT2D eigenvalue weighted by Gasteiger charge is 2.32. The van der Waals surface area contributed by atoms with Crippen molar-refractivity contribution in [2.24, 2.45) is 5.92 Å². The molecule has 2 N–H and O–H groups in total. The number of phenols is 1. The monoisotopic (exact) mass is 352 g/mol. The molecule has 0 aromatic heterocycles. The van der Waals surface area contributed by atoms with E-state index >= 15 is 0 Å². The molecule has 1 heterocycles. The van der Waals surface area contributed by atoms with Crippen LogP contribution in [-0.2, 0) is 0 Å². The molecule has 1 atom stereocenters. The van der Waals surface area contributed by atoms with Crippen molar-refractivity contribution >= 4 is 15.9 Å². The van der Waals surface area contributed by atoms with E-state index in [2.05, 4.69) is 38.3 Å². The third-order valence-corrected chi connectivity index (χ3v) is 5.62. The largest absolute Gasteiger partial charge is 0.506 e. The zero-order chi connectivity index (χ0) is 14.7. The smallest absolute Gasteiger partial charge is 0.134 e. The average molecular weight is 353 g/mol. The normalized spacial score (nSPS) is 23.1. The van der Waals surface area contributed by atoms with Gasteiger partial charge in [0.2, 0.25) is 0 Å². The molecule has 1 aromatic rings. The van der Waals surface area contributed by atoms with Crippen LogP contribution >= 0.6 is 15.9 Å². The van der Waals surface area contributed by atoms with Crippen molar-refractivity contribution in [2.45, 2.75) is 38.1 Å². The molecular formula is C17H25BrN2O. The first-order chi connectivity index (χ1) is 10.3. The zero-order valence-electron chi connectivity index (χ0n) is 12.5. The quantitative estimate of drug-likeness (QED) is 0.870. The topological polar surface area (TPSA) is 35.5 Å². The average Bonchev–Trinajstić information content (AvgIpc) is 2.54. The van der Waals surface area contributed by atoms with Crippen LogP contribution in [0.2, 0.25) is 0 Å². The fourth-order valence-electron chi connectivity index (χ4n) is 3.93. The highest BCUT2D eigenvalue weighted by atomic mass is 79.9. The molecule has 116 valence electrons. The molecule has 4 heteroatoms. The van der Waals surface area contributed by atoms with E-state index in [1.807, 2.05) is 6.07 Å². The van der Waals surface area contributed by atoms with Crippen LogP contribution in [0.15, 0.2) is 22.7 Å². The van der Waals surface area contributed by atoms with Crippen molar-refractivity contribution in [2.75, 3.05) is 26.2 Å². The first-order valence-electron chi connectivity index (χ1n) is 8.19. The molecule has 1 aliphatic heterocycles. The number of aromatic hydroxyl groups is 1. The number of halogens is 1. The van der Waals surface area contributed by atoms with Gasteiger partial charge in [-0.1, -0.05) is 31.4 Å². The molecule has 0 radical (unpaired) electrons. The van der Waals surface area contributed by atoms with Crippen LogP contribution in [0, 0.1) is 5.92 Å². The Balaban J connectivity index is 1.91. The van der Waals surface area contributed by atoms with Gasteiger partial charge in [-0.2, -0.15) is 0 Å². The summed E-state index contributed by atoms with van der Waals surface area (Å²) < 4.78 is 0.816. The lowest BCUT2D eigenvalue weighted by molar-refractivity contribution is 0.101. The Hall–Kier alpha value is -0.580. The van der Waals surface area contributed by atoms with Gasteiger partial charge in [0.05, 0.1) is 4.47 Å². The number of benzene rings is 1. The van der Waals surface area contributed by atoms with E-state index in [1.54, 1.807) is 0 Å². The summed E-state index contributed by atoms with van der Waals surface area (Å²) in [7, 11) is 0. The molecule has 3 rings (SSSR count). The molecule has 0 unspecified atom stereocenters. The lowest BCUT2D eigenvalue weighted by Crippen LogP contribution is -2.47. The van der Waals surface area contributed by atoms with Gasteiger partial charge in [-0.25, -0.2) is 0 Å². The van der Waals surface area contributed by atoms with Gasteiger partial charge in [0.1, 0.15) is 5.75 Å². The summed E-state index contributed by atoms with van der Waals surface area (Å²) in [6.07, 6.45) is 6.63. The van der Waals surface area contributed by atoms with Crippen molar-refractivity contribution in [3.05, 3.63) is 28.2 Å². The fraction of sp³-hybridized carbons (Fsp3) is 0.647. The van der Waals surface area contributed by atoms with Gasteiger partial charge in [0.15, 0.2) is 0 Å². The SMILES string of the molecule is Oc1c(Br)cccc1[C@H](C1CCCCC1)N1CCNCC1. The summed E-state index contributed by atoms with van der Waals surface area (Å²) in [5.41, 5.74) is 1.11. The third kappa shape index (κ3) is 3.43. The van der Waals surface area contributed by atoms with Crippen molar-refractivity contribution < 1.29 is 5.11 Å². The number of nitrogens with zero attached hydrogens (tertiary/aromatic N) is 1. The molecule has 21 heavy (non-hydrogen) atoms. The Morgan fingerprint density at radius 3 is 2.57 bits per heavy atom. The minimum Gasteiger partial charge on any atom is -0.506 e. The molecule has 0 amide bonds. The predicted molar refractivity (Wildman–Crippen MR) is 89.6 cm³/mol. The summed E-state index contributed by atoms with van der Waals surface area (Å²) in [6, 6.07) is 6.46. The van der Waals surface area contributed by atoms with E-state index < -0.39 is 0 Å². The Morgan fingerprint density at radius 2 is 1.86 bits per heavy atom. The second kappa shape index (κ2) is 7.12. The number of rotatable bonds is 3. The Bertz CT molecular complexity index is 450. The Kier molecular flexibility index (Phi) is 5.19. The second-order valence-electron chi connectivity index (χ2n) is 6.31. The number of piperazine rings is 1. The molecule has 0 spiro atoms. The van der Waals surface area contributed by atoms with Crippen LogP contribution in [-0.4, -0.2) is 36.2 Å². The van der Waals surface area contributed by atoms with E-state index in [1.165, 1.54) is 32.1 Å². The van der Waals surface area contributed by atoms with Crippen LogP contribution in [0.25, 0.3) is 0 Å². The second-order valence-corrected chi connectivity index (χ2v) is 7.16. The summed E-state index contributed by atoms with van der Waals surface area (Å²) in [5.74, 6) is 1.11. The number of nitrogens with one attached hydrogen (secondary N) is 1. The Morgan fingerprint density at radius 1 is 1.14 bits per heavy atom. The van der Waals surface area contributed by atoms with Crippen LogP contribution in [0.3, 0.4) is 0 Å². The van der Waals surface area contributed by atoms with Gasteiger partial charge in [-0.3, -0.25) is 4.90 Å². The minimum atomic E-state index is 0.366. The summed E-state index contributed by atoms with van der Waals surface area (Å²) in [6.45, 7) is 4.26. The van der Waals surface area contributed by atoms with Gasteiger partial charge < -0.3 is 10.4 Å². The molecule has 3 nitrogen and oxygen atoms in total. The van der Waals surface area contributed by atoms with Gasteiger partial charge in [-0.15, -0.1) is 0 Å². The number of hydrogen-bond acceptors (Lipinski definition) is 3. The van der Waals surface area contributed by atoms with E-state index in [0.717, 1.165) is 36.2 Å². The third-order valence-electron chi connectivity index (χ3n) is 4.98. The predicted octanol–water partition coefficient (Wildman–Crippen LogP) is 3.68. The van der Waals surface area contributed by atoms with Crippen molar-refractivity contribution in [1.82, 2.24) is 10.2 Å². The van der Waals surface area contributed by atoms with Gasteiger partial charge in [0, 0.05) is 37.8 Å². The highest BCUT2D eigenvalue weighted by molar-refractivity contribution is 9.10. The Labute approximate surface area is 135 Å². The summed E-state index contributed by atoms with van der Waals surface area (Å²) in [5, 5.41) is 14.0. The summed E-state index contributed by atoms with van der Waals surface area (Å²) in [4.78, 5) is 2.58. The molecule has 2 fully saturated rings. The van der Waals surface area contributed by atoms with Crippen molar-refractivity contribution in [3.63, 3.8) is 0 Å². The van der Waals surface area contributed by atoms with Gasteiger partial charge in [-0.05, 0) is 40.8 Å². The summed E-state index contributed by atoms with van der Waals surface area (Å²) >= 11 is 3.48. The van der Waals surface area contributed by atoms with Crippen molar-refractivity contribution in [1.29, 1.82) is 0 Å². The van der Waals surface area contributed by atoms with Gasteiger partial charge >= 0.3 is 0 Å². The van der Waals surface area contributed by atoms with E-state index in [0.29, 0.717) is 17.7 Å². The van der Waals surface area contributed by atoms with Crippen LogP contribution < -0.4 is 5.32 Å². The molecule has 1 aliphatic carbocycles. The maximum Gasteiger partial charge on any atom is 0.134 e. The van der Waals surface area contributed by atoms with Crippen LogP contribution in [0.1, 0.15) is 43.7 Å². The first-order valence-corrected chi connectivity index (χ1v) is 8.99. The maximum atomic E-state index is 10.5. The molecule has 2 aliphatic rings. The van der Waals surface area contributed by atoms with E-state index in [4.69, 9.17) is 0 Å². The van der Waals surface area contributed by atoms with Gasteiger partial charge in [0.25, 0.3) is 0 Å². The minimum absolute atomic E-state index is 0.366. The molecule has 1 aromatic carbocycles. The maximum absolute atomic E-state index is 10.5. The molecule has 1 saturated heterocycles. The zero-order valence-corrected chi connectivity index (χ0v) is 14.1. The number of para-hydroxylation sites is 1. The van der Waals surface area contributed by atoms with E-state index in [-0.39, 0.29) is 0 Å². The van der Waals surface area contributed by atoms with Crippen molar-refractivity contribution in [3.8, 4) is 5.75 Å². The molecule has 1 saturated carbocycles.